The van der Waals surface area contributed by atoms with Crippen LogP contribution in [-0.2, 0) is 15.3 Å². The number of rotatable bonds is 12. The van der Waals surface area contributed by atoms with Gasteiger partial charge in [0.15, 0.2) is 15.6 Å². The molecule has 0 fully saturated rings. The number of hydrogen-bond donors (Lipinski definition) is 1. The fourth-order valence-corrected chi connectivity index (χ4v) is 4.70. The number of ether oxygens (including phenoxy) is 2. The van der Waals surface area contributed by atoms with Crippen LogP contribution in [0.1, 0.15) is 38.3 Å². The van der Waals surface area contributed by atoms with Gasteiger partial charge in [-0.2, -0.15) is 0 Å². The lowest BCUT2D eigenvalue weighted by Crippen LogP contribution is -2.28. The minimum atomic E-state index is -3.32. The third-order valence-electron chi connectivity index (χ3n) is 5.15. The summed E-state index contributed by atoms with van der Waals surface area (Å²) in [7, 11) is -3.32. The second-order valence-corrected chi connectivity index (χ2v) is 11.6. The molecule has 9 heteroatoms. The van der Waals surface area contributed by atoms with Crippen LogP contribution >= 0.6 is 34.8 Å². The lowest BCUT2D eigenvalue weighted by molar-refractivity contribution is 0.125. The van der Waals surface area contributed by atoms with Crippen LogP contribution in [0, 0.1) is 0 Å². The zero-order chi connectivity index (χ0) is 23.9. The van der Waals surface area contributed by atoms with E-state index in [4.69, 9.17) is 44.3 Å². The Morgan fingerprint density at radius 3 is 2.16 bits per heavy atom. The highest BCUT2D eigenvalue weighted by molar-refractivity contribution is 7.91. The van der Waals surface area contributed by atoms with Gasteiger partial charge >= 0.3 is 0 Å². The number of halogens is 3. The molecule has 0 aliphatic rings. The summed E-state index contributed by atoms with van der Waals surface area (Å²) >= 11 is 18.5. The number of sulfone groups is 1. The van der Waals surface area contributed by atoms with Crippen LogP contribution in [-0.4, -0.2) is 50.2 Å². The Morgan fingerprint density at radius 2 is 1.62 bits per heavy atom. The van der Waals surface area contributed by atoms with Crippen molar-refractivity contribution in [3.8, 4) is 11.5 Å². The molecule has 32 heavy (non-hydrogen) atoms. The first-order chi connectivity index (χ1) is 15.0. The third-order valence-corrected chi connectivity index (χ3v) is 7.75. The first kappa shape index (κ1) is 27.1. The molecule has 1 atom stereocenters. The van der Waals surface area contributed by atoms with Gasteiger partial charge in [-0.25, -0.2) is 8.42 Å². The minimum Gasteiger partial charge on any atom is -0.494 e. The van der Waals surface area contributed by atoms with E-state index in [2.05, 4.69) is 13.8 Å². The quantitative estimate of drug-likeness (QED) is 0.294. The topological polar surface area (TPSA) is 72.8 Å². The molecule has 0 aliphatic heterocycles. The molecule has 0 saturated heterocycles. The van der Waals surface area contributed by atoms with Crippen LogP contribution < -0.4 is 9.47 Å². The lowest BCUT2D eigenvalue weighted by atomic mass is 9.78. The molecule has 0 amide bonds. The Bertz CT molecular complexity index is 968. The van der Waals surface area contributed by atoms with Crippen molar-refractivity contribution in [3.63, 3.8) is 0 Å². The molecular formula is C23H29Cl3O5S. The van der Waals surface area contributed by atoms with E-state index in [1.165, 1.54) is 6.92 Å². The molecule has 1 N–H and O–H groups in total. The van der Waals surface area contributed by atoms with Crippen LogP contribution in [0.5, 0.6) is 11.5 Å². The Morgan fingerprint density at radius 1 is 1.03 bits per heavy atom. The maximum absolute atomic E-state index is 11.7. The molecule has 0 unspecified atom stereocenters. The van der Waals surface area contributed by atoms with Gasteiger partial charge < -0.3 is 14.6 Å². The molecule has 2 aromatic rings. The molecular weight excluding hydrogens is 495 g/mol. The zero-order valence-electron chi connectivity index (χ0n) is 18.4. The number of aliphatic hydroxyl groups excluding tert-OH is 1. The maximum atomic E-state index is 11.7. The van der Waals surface area contributed by atoms with Gasteiger partial charge in [-0.3, -0.25) is 0 Å². The number of benzene rings is 2. The van der Waals surface area contributed by atoms with Crippen LogP contribution in [0.3, 0.4) is 0 Å². The summed E-state index contributed by atoms with van der Waals surface area (Å²) in [6, 6.07) is 11.3. The second-order valence-electron chi connectivity index (χ2n) is 7.97. The summed E-state index contributed by atoms with van der Waals surface area (Å²) < 4.78 is 34.5. The average Bonchev–Trinajstić information content (AvgIpc) is 2.73. The smallest absolute Gasteiger partial charge is 0.156 e. The molecule has 0 heterocycles. The van der Waals surface area contributed by atoms with E-state index < -0.39 is 21.4 Å². The van der Waals surface area contributed by atoms with Gasteiger partial charge in [0.2, 0.25) is 0 Å². The van der Waals surface area contributed by atoms with Gasteiger partial charge in [-0.1, -0.05) is 56.1 Å². The normalized spacial score (nSPS) is 13.1. The van der Waals surface area contributed by atoms with E-state index >= 15 is 0 Å². The van der Waals surface area contributed by atoms with Gasteiger partial charge in [0.1, 0.15) is 18.5 Å². The average molecular weight is 524 g/mol. The first-order valence-electron chi connectivity index (χ1n) is 10.3. The summed E-state index contributed by atoms with van der Waals surface area (Å²) in [5.41, 5.74) is 1.52. The monoisotopic (exact) mass is 522 g/mol. The molecule has 0 spiro atoms. The zero-order valence-corrected chi connectivity index (χ0v) is 21.5. The van der Waals surface area contributed by atoms with Gasteiger partial charge in [-0.15, -0.1) is 11.6 Å². The Kier molecular flexibility index (Phi) is 9.98. The highest BCUT2D eigenvalue weighted by Crippen LogP contribution is 2.40. The summed E-state index contributed by atoms with van der Waals surface area (Å²) in [5.74, 6) is 1.12. The molecule has 2 rings (SSSR count). The highest BCUT2D eigenvalue weighted by Gasteiger charge is 2.26. The summed E-state index contributed by atoms with van der Waals surface area (Å²) in [6.07, 6.45) is -0.389. The van der Waals surface area contributed by atoms with Crippen molar-refractivity contribution in [2.75, 3.05) is 30.6 Å². The molecule has 0 radical (unpaired) electrons. The fourth-order valence-electron chi connectivity index (χ4n) is 3.08. The maximum Gasteiger partial charge on any atom is 0.156 e. The molecule has 0 aromatic heterocycles. The van der Waals surface area contributed by atoms with E-state index in [-0.39, 0.29) is 33.9 Å². The van der Waals surface area contributed by atoms with Crippen molar-refractivity contribution < 1.29 is 23.0 Å². The Balaban J connectivity index is 2.15. The SMILES string of the molecule is CCS(=O)(=O)C[C@H](O)COc1c(Cl)cc(C(C)(C)c2ccc(OCCCCl)cc2)cc1Cl. The van der Waals surface area contributed by atoms with E-state index in [0.29, 0.717) is 12.5 Å². The van der Waals surface area contributed by atoms with Crippen LogP contribution in [0.25, 0.3) is 0 Å². The van der Waals surface area contributed by atoms with Crippen molar-refractivity contribution >= 4 is 44.6 Å². The first-order valence-corrected chi connectivity index (χ1v) is 13.4. The fraction of sp³-hybridized carbons (Fsp3) is 0.478. The molecule has 0 aliphatic carbocycles. The molecule has 178 valence electrons. The number of alkyl halides is 1. The van der Waals surface area contributed by atoms with Gasteiger partial charge in [0.05, 0.1) is 22.4 Å². The van der Waals surface area contributed by atoms with Crippen molar-refractivity contribution in [1.82, 2.24) is 0 Å². The van der Waals surface area contributed by atoms with Crippen molar-refractivity contribution in [3.05, 3.63) is 57.6 Å². The van der Waals surface area contributed by atoms with Gasteiger partial charge in [0.25, 0.3) is 0 Å². The molecule has 2 aromatic carbocycles. The predicted octanol–water partition coefficient (Wildman–Crippen LogP) is 5.50. The number of aliphatic hydroxyl groups is 1. The van der Waals surface area contributed by atoms with Crippen molar-refractivity contribution in [2.24, 2.45) is 0 Å². The largest absolute Gasteiger partial charge is 0.494 e. The van der Waals surface area contributed by atoms with Crippen molar-refractivity contribution in [2.45, 2.75) is 38.7 Å². The summed E-state index contributed by atoms with van der Waals surface area (Å²) in [5, 5.41) is 10.5. The molecule has 0 saturated carbocycles. The Hall–Kier alpha value is -1.18. The highest BCUT2D eigenvalue weighted by atomic mass is 35.5. The summed E-state index contributed by atoms with van der Waals surface area (Å²) in [4.78, 5) is 0. The lowest BCUT2D eigenvalue weighted by Gasteiger charge is -2.27. The van der Waals surface area contributed by atoms with E-state index in [9.17, 15) is 13.5 Å². The molecule has 5 nitrogen and oxygen atoms in total. The predicted molar refractivity (Wildman–Crippen MR) is 132 cm³/mol. The number of hydrogen-bond acceptors (Lipinski definition) is 5. The van der Waals surface area contributed by atoms with E-state index in [0.717, 1.165) is 23.3 Å². The van der Waals surface area contributed by atoms with Crippen LogP contribution in [0.2, 0.25) is 10.0 Å². The third kappa shape index (κ3) is 7.42. The Labute approximate surface area is 205 Å². The minimum absolute atomic E-state index is 0.0458. The second kappa shape index (κ2) is 11.8. The van der Waals surface area contributed by atoms with Crippen molar-refractivity contribution in [1.29, 1.82) is 0 Å². The van der Waals surface area contributed by atoms with Gasteiger partial charge in [0, 0.05) is 17.0 Å². The van der Waals surface area contributed by atoms with Gasteiger partial charge in [-0.05, 0) is 41.8 Å². The van der Waals surface area contributed by atoms with Crippen LogP contribution in [0.15, 0.2) is 36.4 Å². The molecule has 0 bridgehead atoms. The summed E-state index contributed by atoms with van der Waals surface area (Å²) in [6.45, 7) is 5.97. The van der Waals surface area contributed by atoms with E-state index in [1.807, 2.05) is 24.3 Å². The van der Waals surface area contributed by atoms with E-state index in [1.54, 1.807) is 12.1 Å². The standard InChI is InChI=1S/C23H29Cl3O5S/c1-4-32(28,29)15-18(27)14-31-22-20(25)12-17(13-21(22)26)23(2,3)16-6-8-19(9-7-16)30-11-5-10-24/h6-9,12-13,18,27H,4-5,10-11,14-15H2,1-3H3/t18-/m1/s1. The van der Waals surface area contributed by atoms with Crippen LogP contribution in [0.4, 0.5) is 0 Å².